The maximum absolute atomic E-state index is 4.28. The summed E-state index contributed by atoms with van der Waals surface area (Å²) in [7, 11) is 0. The maximum atomic E-state index is 4.28. The van der Waals surface area contributed by atoms with Crippen molar-refractivity contribution >= 4 is 11.4 Å². The van der Waals surface area contributed by atoms with Crippen molar-refractivity contribution in [2.24, 2.45) is 0 Å². The SMILES string of the molecule is CC(C)NCc1cnccc1N1CCc2ccccc21. The van der Waals surface area contributed by atoms with Gasteiger partial charge in [0.05, 0.1) is 0 Å². The molecule has 104 valence electrons. The largest absolute Gasteiger partial charge is 0.341 e. The van der Waals surface area contributed by atoms with Crippen LogP contribution in [-0.2, 0) is 13.0 Å². The highest BCUT2D eigenvalue weighted by atomic mass is 15.2. The van der Waals surface area contributed by atoms with Crippen LogP contribution in [-0.4, -0.2) is 17.6 Å². The zero-order valence-electron chi connectivity index (χ0n) is 12.1. The molecule has 3 rings (SSSR count). The molecule has 0 bridgehead atoms. The van der Waals surface area contributed by atoms with Gasteiger partial charge in [-0.25, -0.2) is 0 Å². The van der Waals surface area contributed by atoms with Crippen molar-refractivity contribution in [3.8, 4) is 0 Å². The lowest BCUT2D eigenvalue weighted by molar-refractivity contribution is 0.588. The number of anilines is 2. The Balaban J connectivity index is 1.91. The van der Waals surface area contributed by atoms with Gasteiger partial charge in [0.1, 0.15) is 0 Å². The summed E-state index contributed by atoms with van der Waals surface area (Å²) in [4.78, 5) is 6.70. The Kier molecular flexibility index (Phi) is 3.70. The summed E-state index contributed by atoms with van der Waals surface area (Å²) in [5.41, 5.74) is 5.31. The summed E-state index contributed by atoms with van der Waals surface area (Å²) in [6.07, 6.45) is 4.98. The smallest absolute Gasteiger partial charge is 0.0487 e. The number of hydrogen-bond donors (Lipinski definition) is 1. The van der Waals surface area contributed by atoms with Gasteiger partial charge in [-0.2, -0.15) is 0 Å². The highest BCUT2D eigenvalue weighted by Crippen LogP contribution is 2.35. The van der Waals surface area contributed by atoms with Crippen LogP contribution in [0.3, 0.4) is 0 Å². The van der Waals surface area contributed by atoms with Crippen LogP contribution < -0.4 is 10.2 Å². The fourth-order valence-corrected chi connectivity index (χ4v) is 2.72. The lowest BCUT2D eigenvalue weighted by Crippen LogP contribution is -2.24. The van der Waals surface area contributed by atoms with Crippen LogP contribution in [0.4, 0.5) is 11.4 Å². The van der Waals surface area contributed by atoms with Gasteiger partial charge in [-0.3, -0.25) is 4.98 Å². The second-order valence-corrected chi connectivity index (χ2v) is 5.57. The van der Waals surface area contributed by atoms with E-state index in [9.17, 15) is 0 Å². The first-order chi connectivity index (χ1) is 9.75. The fraction of sp³-hybridized carbons (Fsp3) is 0.353. The molecule has 1 aliphatic heterocycles. The molecule has 20 heavy (non-hydrogen) atoms. The summed E-state index contributed by atoms with van der Waals surface area (Å²) in [6, 6.07) is 11.3. The van der Waals surface area contributed by atoms with Crippen LogP contribution >= 0.6 is 0 Å². The molecule has 0 fully saturated rings. The Labute approximate surface area is 120 Å². The van der Waals surface area contributed by atoms with E-state index in [-0.39, 0.29) is 0 Å². The van der Waals surface area contributed by atoms with Gasteiger partial charge in [0.15, 0.2) is 0 Å². The van der Waals surface area contributed by atoms with E-state index >= 15 is 0 Å². The summed E-state index contributed by atoms with van der Waals surface area (Å²) in [5, 5.41) is 3.48. The van der Waals surface area contributed by atoms with Gasteiger partial charge in [0.2, 0.25) is 0 Å². The Morgan fingerprint density at radius 1 is 1.20 bits per heavy atom. The van der Waals surface area contributed by atoms with Crippen molar-refractivity contribution in [1.82, 2.24) is 10.3 Å². The number of benzene rings is 1. The van der Waals surface area contributed by atoms with Crippen molar-refractivity contribution < 1.29 is 0 Å². The third-order valence-electron chi connectivity index (χ3n) is 3.76. The number of pyridine rings is 1. The van der Waals surface area contributed by atoms with Gasteiger partial charge < -0.3 is 10.2 Å². The molecule has 0 spiro atoms. The first-order valence-electron chi connectivity index (χ1n) is 7.27. The molecule has 1 N–H and O–H groups in total. The van der Waals surface area contributed by atoms with Crippen molar-refractivity contribution in [3.05, 3.63) is 53.9 Å². The molecule has 0 aliphatic carbocycles. The molecule has 2 aromatic rings. The third kappa shape index (κ3) is 2.54. The van der Waals surface area contributed by atoms with Crippen LogP contribution in [0.2, 0.25) is 0 Å². The van der Waals surface area contributed by atoms with Crippen molar-refractivity contribution in [3.63, 3.8) is 0 Å². The molecule has 0 radical (unpaired) electrons. The molecule has 1 aromatic heterocycles. The van der Waals surface area contributed by atoms with Gasteiger partial charge in [0, 0.05) is 48.5 Å². The van der Waals surface area contributed by atoms with Gasteiger partial charge in [-0.15, -0.1) is 0 Å². The molecule has 0 amide bonds. The van der Waals surface area contributed by atoms with E-state index in [0.29, 0.717) is 6.04 Å². The Morgan fingerprint density at radius 2 is 2.05 bits per heavy atom. The molecule has 3 heteroatoms. The fourth-order valence-electron chi connectivity index (χ4n) is 2.72. The molecule has 0 atom stereocenters. The average Bonchev–Trinajstić information content (AvgIpc) is 2.89. The first kappa shape index (κ1) is 13.1. The van der Waals surface area contributed by atoms with Gasteiger partial charge in [-0.1, -0.05) is 32.0 Å². The normalized spacial score (nSPS) is 13.8. The predicted octanol–water partition coefficient (Wildman–Crippen LogP) is 3.27. The maximum Gasteiger partial charge on any atom is 0.0487 e. The number of nitrogens with one attached hydrogen (secondary N) is 1. The molecule has 3 nitrogen and oxygen atoms in total. The van der Waals surface area contributed by atoms with E-state index in [1.54, 1.807) is 0 Å². The van der Waals surface area contributed by atoms with E-state index in [1.165, 1.54) is 22.5 Å². The third-order valence-corrected chi connectivity index (χ3v) is 3.76. The number of para-hydroxylation sites is 1. The standard InChI is InChI=1S/C17H21N3/c1-13(2)19-12-15-11-18-9-7-17(15)20-10-8-14-5-3-4-6-16(14)20/h3-7,9,11,13,19H,8,10,12H2,1-2H3. The molecule has 2 heterocycles. The summed E-state index contributed by atoms with van der Waals surface area (Å²) >= 11 is 0. The van der Waals surface area contributed by atoms with Crippen LogP contribution in [0, 0.1) is 0 Å². The Bertz CT molecular complexity index is 592. The topological polar surface area (TPSA) is 28.2 Å². The lowest BCUT2D eigenvalue weighted by Gasteiger charge is -2.23. The lowest BCUT2D eigenvalue weighted by atomic mass is 10.1. The van der Waals surface area contributed by atoms with E-state index in [0.717, 1.165) is 19.5 Å². The Hall–Kier alpha value is -1.87. The highest BCUT2D eigenvalue weighted by molar-refractivity contribution is 5.71. The van der Waals surface area contributed by atoms with Crippen molar-refractivity contribution in [2.45, 2.75) is 32.9 Å². The number of fused-ring (bicyclic) bond motifs is 1. The van der Waals surface area contributed by atoms with E-state index < -0.39 is 0 Å². The average molecular weight is 267 g/mol. The van der Waals surface area contributed by atoms with Gasteiger partial charge in [-0.05, 0) is 24.1 Å². The number of rotatable bonds is 4. The molecular weight excluding hydrogens is 246 g/mol. The molecule has 0 saturated carbocycles. The monoisotopic (exact) mass is 267 g/mol. The molecule has 1 aliphatic rings. The first-order valence-corrected chi connectivity index (χ1v) is 7.27. The van der Waals surface area contributed by atoms with Gasteiger partial charge in [0.25, 0.3) is 0 Å². The quantitative estimate of drug-likeness (QED) is 0.921. The van der Waals surface area contributed by atoms with E-state index in [1.807, 2.05) is 12.4 Å². The van der Waals surface area contributed by atoms with E-state index in [4.69, 9.17) is 0 Å². The second kappa shape index (κ2) is 5.63. The zero-order chi connectivity index (χ0) is 13.9. The minimum absolute atomic E-state index is 0.480. The van der Waals surface area contributed by atoms with Crippen molar-refractivity contribution in [2.75, 3.05) is 11.4 Å². The van der Waals surface area contributed by atoms with Crippen LogP contribution in [0.5, 0.6) is 0 Å². The minimum Gasteiger partial charge on any atom is -0.341 e. The van der Waals surface area contributed by atoms with Crippen LogP contribution in [0.1, 0.15) is 25.0 Å². The molecular formula is C17H21N3. The van der Waals surface area contributed by atoms with Crippen LogP contribution in [0.25, 0.3) is 0 Å². The van der Waals surface area contributed by atoms with E-state index in [2.05, 4.69) is 59.4 Å². The Morgan fingerprint density at radius 3 is 2.90 bits per heavy atom. The molecule has 0 saturated heterocycles. The molecule has 1 aromatic carbocycles. The van der Waals surface area contributed by atoms with Crippen molar-refractivity contribution in [1.29, 1.82) is 0 Å². The number of aromatic nitrogens is 1. The predicted molar refractivity (Wildman–Crippen MR) is 83.4 cm³/mol. The number of nitrogens with zero attached hydrogens (tertiary/aromatic N) is 2. The zero-order valence-corrected chi connectivity index (χ0v) is 12.1. The highest BCUT2D eigenvalue weighted by Gasteiger charge is 2.21. The second-order valence-electron chi connectivity index (χ2n) is 5.57. The van der Waals surface area contributed by atoms with Gasteiger partial charge >= 0.3 is 0 Å². The summed E-state index contributed by atoms with van der Waals surface area (Å²) in [6.45, 7) is 6.25. The molecule has 0 unspecified atom stereocenters. The number of hydrogen-bond acceptors (Lipinski definition) is 3. The summed E-state index contributed by atoms with van der Waals surface area (Å²) < 4.78 is 0. The van der Waals surface area contributed by atoms with Crippen LogP contribution in [0.15, 0.2) is 42.7 Å². The summed E-state index contributed by atoms with van der Waals surface area (Å²) in [5.74, 6) is 0. The minimum atomic E-state index is 0.480.